The first kappa shape index (κ1) is 23.4. The average Bonchev–Trinajstić information content (AvgIpc) is 3.42. The summed E-state index contributed by atoms with van der Waals surface area (Å²) >= 11 is 0. The normalized spacial score (nSPS) is 15.1. The van der Waals surface area contributed by atoms with Crippen molar-refractivity contribution in [2.24, 2.45) is 4.99 Å². The molecule has 0 aliphatic carbocycles. The number of nitrogens with zero attached hydrogens (tertiary/aromatic N) is 5. The quantitative estimate of drug-likeness (QED) is 0.233. The van der Waals surface area contributed by atoms with Gasteiger partial charge in [-0.05, 0) is 57.2 Å². The van der Waals surface area contributed by atoms with E-state index in [0.29, 0.717) is 0 Å². The number of hydrogen-bond acceptors (Lipinski definition) is 4. The van der Waals surface area contributed by atoms with Crippen LogP contribution in [0.25, 0.3) is 0 Å². The van der Waals surface area contributed by atoms with E-state index >= 15 is 0 Å². The molecule has 2 heterocycles. The lowest BCUT2D eigenvalue weighted by Gasteiger charge is -2.22. The van der Waals surface area contributed by atoms with Gasteiger partial charge in [0.15, 0.2) is 5.96 Å². The van der Waals surface area contributed by atoms with Crippen LogP contribution in [0.2, 0.25) is 0 Å². The maximum atomic E-state index is 4.74. The van der Waals surface area contributed by atoms with Crippen LogP contribution in [0, 0.1) is 0 Å². The second-order valence-electron chi connectivity index (χ2n) is 7.32. The van der Waals surface area contributed by atoms with Gasteiger partial charge in [0.1, 0.15) is 12.7 Å². The highest BCUT2D eigenvalue weighted by atomic mass is 127. The highest BCUT2D eigenvalue weighted by Crippen LogP contribution is 2.23. The molecule has 7 nitrogen and oxygen atoms in total. The molecule has 3 rings (SSSR count). The zero-order chi connectivity index (χ0) is 19.6. The third-order valence-corrected chi connectivity index (χ3v) is 5.10. The van der Waals surface area contributed by atoms with Gasteiger partial charge in [0, 0.05) is 38.4 Å². The Morgan fingerprint density at radius 1 is 1.17 bits per heavy atom. The number of aliphatic imine (C=N–C) groups is 1. The highest BCUT2D eigenvalue weighted by Gasteiger charge is 2.14. The number of aryl methyl sites for hydroxylation is 1. The molecule has 8 heteroatoms. The van der Waals surface area contributed by atoms with Crippen LogP contribution < -0.4 is 15.5 Å². The molecule has 1 aliphatic rings. The Morgan fingerprint density at radius 2 is 1.93 bits per heavy atom. The molecule has 0 saturated carbocycles. The number of rotatable bonds is 9. The predicted octanol–water partition coefficient (Wildman–Crippen LogP) is 3.59. The van der Waals surface area contributed by atoms with E-state index in [1.165, 1.54) is 37.2 Å². The summed E-state index contributed by atoms with van der Waals surface area (Å²) in [5.41, 5.74) is 2.63. The van der Waals surface area contributed by atoms with E-state index in [4.69, 9.17) is 4.99 Å². The van der Waals surface area contributed by atoms with Gasteiger partial charge in [-0.25, -0.2) is 0 Å². The zero-order valence-electron chi connectivity index (χ0n) is 17.5. The topological polar surface area (TPSA) is 70.4 Å². The number of guanidine groups is 1. The van der Waals surface area contributed by atoms with E-state index < -0.39 is 0 Å². The lowest BCUT2D eigenvalue weighted by Crippen LogP contribution is -2.38. The molecule has 2 aromatic rings. The van der Waals surface area contributed by atoms with Gasteiger partial charge in [0.2, 0.25) is 0 Å². The largest absolute Gasteiger partial charge is 0.372 e. The molecule has 1 atom stereocenters. The van der Waals surface area contributed by atoms with Gasteiger partial charge in [-0.2, -0.15) is 0 Å². The van der Waals surface area contributed by atoms with Gasteiger partial charge in [-0.3, -0.25) is 4.99 Å². The number of halogens is 1. The first-order valence-corrected chi connectivity index (χ1v) is 10.5. The van der Waals surface area contributed by atoms with Crippen molar-refractivity contribution in [3.8, 4) is 0 Å². The van der Waals surface area contributed by atoms with Crippen LogP contribution in [0.15, 0.2) is 41.9 Å². The lowest BCUT2D eigenvalue weighted by molar-refractivity contribution is 0.609. The highest BCUT2D eigenvalue weighted by molar-refractivity contribution is 14.0. The summed E-state index contributed by atoms with van der Waals surface area (Å²) < 4.78 is 2.00. The predicted molar refractivity (Wildman–Crippen MR) is 130 cm³/mol. The van der Waals surface area contributed by atoms with E-state index in [-0.39, 0.29) is 30.0 Å². The van der Waals surface area contributed by atoms with Gasteiger partial charge in [-0.1, -0.05) is 12.1 Å². The SMILES string of the molecule is CCNC(=NCCCCn1cnnc1)NC(C)c1cccc(N2CCCC2)c1.I. The molecule has 0 bridgehead atoms. The minimum absolute atomic E-state index is 0. The van der Waals surface area contributed by atoms with Gasteiger partial charge >= 0.3 is 0 Å². The molecule has 0 radical (unpaired) electrons. The van der Waals surface area contributed by atoms with Gasteiger partial charge in [0.25, 0.3) is 0 Å². The van der Waals surface area contributed by atoms with Crippen molar-refractivity contribution < 1.29 is 0 Å². The summed E-state index contributed by atoms with van der Waals surface area (Å²) in [6.45, 7) is 9.23. The fraction of sp³-hybridized carbons (Fsp3) is 0.571. The van der Waals surface area contributed by atoms with Crippen molar-refractivity contribution in [3.05, 3.63) is 42.5 Å². The Balaban J connectivity index is 0.00000300. The van der Waals surface area contributed by atoms with E-state index in [1.54, 1.807) is 12.7 Å². The molecular weight excluding hydrogens is 477 g/mol. The molecule has 1 aliphatic heterocycles. The molecule has 1 saturated heterocycles. The smallest absolute Gasteiger partial charge is 0.191 e. The fourth-order valence-electron chi connectivity index (χ4n) is 3.51. The Hall–Kier alpha value is -1.84. The number of nitrogens with one attached hydrogen (secondary N) is 2. The van der Waals surface area contributed by atoms with Crippen LogP contribution in [0.5, 0.6) is 0 Å². The van der Waals surface area contributed by atoms with Crippen molar-refractivity contribution >= 4 is 35.6 Å². The monoisotopic (exact) mass is 511 g/mol. The standard InChI is InChI=1S/C21H33N7.HI/c1-3-22-21(23-11-4-5-12-27-16-24-25-17-27)26-18(2)19-9-8-10-20(15-19)28-13-6-7-14-28;/h8-10,15-18H,3-7,11-14H2,1-2H3,(H2,22,23,26);1H. The molecule has 2 N–H and O–H groups in total. The molecule has 1 fully saturated rings. The Kier molecular flexibility index (Phi) is 10.2. The lowest BCUT2D eigenvalue weighted by atomic mass is 10.1. The Labute approximate surface area is 191 Å². The summed E-state index contributed by atoms with van der Waals surface area (Å²) in [5, 5.41) is 14.6. The van der Waals surface area contributed by atoms with Gasteiger partial charge < -0.3 is 20.1 Å². The summed E-state index contributed by atoms with van der Waals surface area (Å²) in [7, 11) is 0. The van der Waals surface area contributed by atoms with Crippen LogP contribution in [0.4, 0.5) is 5.69 Å². The molecule has 29 heavy (non-hydrogen) atoms. The van der Waals surface area contributed by atoms with E-state index in [9.17, 15) is 0 Å². The summed E-state index contributed by atoms with van der Waals surface area (Å²) in [6.07, 6.45) is 8.21. The molecule has 1 aromatic heterocycles. The maximum absolute atomic E-state index is 4.74. The van der Waals surface area contributed by atoms with E-state index in [0.717, 1.165) is 38.4 Å². The second-order valence-corrected chi connectivity index (χ2v) is 7.32. The third-order valence-electron chi connectivity index (χ3n) is 5.10. The maximum Gasteiger partial charge on any atom is 0.191 e. The first-order chi connectivity index (χ1) is 13.8. The van der Waals surface area contributed by atoms with E-state index in [1.807, 2.05) is 4.57 Å². The minimum atomic E-state index is 0. The Morgan fingerprint density at radius 3 is 2.66 bits per heavy atom. The summed E-state index contributed by atoms with van der Waals surface area (Å²) in [5.74, 6) is 0.880. The van der Waals surface area contributed by atoms with Crippen LogP contribution in [-0.4, -0.2) is 46.9 Å². The Bertz CT molecular complexity index is 726. The third kappa shape index (κ3) is 7.49. The number of anilines is 1. The number of benzene rings is 1. The molecule has 1 aromatic carbocycles. The van der Waals surface area contributed by atoms with Crippen molar-refractivity contribution in [1.29, 1.82) is 0 Å². The minimum Gasteiger partial charge on any atom is -0.372 e. The van der Waals surface area contributed by atoms with E-state index in [2.05, 4.69) is 63.8 Å². The van der Waals surface area contributed by atoms with Crippen LogP contribution in [-0.2, 0) is 6.54 Å². The van der Waals surface area contributed by atoms with Crippen LogP contribution in [0.1, 0.15) is 51.1 Å². The molecular formula is C21H34IN7. The summed E-state index contributed by atoms with van der Waals surface area (Å²) in [6, 6.07) is 9.09. The molecule has 0 amide bonds. The summed E-state index contributed by atoms with van der Waals surface area (Å²) in [4.78, 5) is 7.22. The molecule has 0 spiro atoms. The van der Waals surface area contributed by atoms with Crippen molar-refractivity contribution in [2.45, 2.75) is 52.1 Å². The van der Waals surface area contributed by atoms with Crippen molar-refractivity contribution in [1.82, 2.24) is 25.4 Å². The number of aromatic nitrogens is 3. The van der Waals surface area contributed by atoms with Crippen LogP contribution in [0.3, 0.4) is 0 Å². The van der Waals surface area contributed by atoms with Crippen molar-refractivity contribution in [2.75, 3.05) is 31.1 Å². The first-order valence-electron chi connectivity index (χ1n) is 10.5. The number of hydrogen-bond donors (Lipinski definition) is 2. The molecule has 1 unspecified atom stereocenters. The van der Waals surface area contributed by atoms with Crippen molar-refractivity contribution in [3.63, 3.8) is 0 Å². The number of unbranched alkanes of at least 4 members (excludes halogenated alkanes) is 1. The van der Waals surface area contributed by atoms with Gasteiger partial charge in [0.05, 0.1) is 6.04 Å². The van der Waals surface area contributed by atoms with Crippen LogP contribution >= 0.6 is 24.0 Å². The molecule has 160 valence electrons. The second kappa shape index (κ2) is 12.7. The zero-order valence-corrected chi connectivity index (χ0v) is 19.9. The average molecular weight is 511 g/mol. The van der Waals surface area contributed by atoms with Gasteiger partial charge in [-0.15, -0.1) is 34.2 Å². The fourth-order valence-corrected chi connectivity index (χ4v) is 3.51.